The van der Waals surface area contributed by atoms with Crippen molar-refractivity contribution in [2.45, 2.75) is 25.4 Å². The zero-order valence-corrected chi connectivity index (χ0v) is 11.1. The Morgan fingerprint density at radius 3 is 2.18 bits per heavy atom. The number of hydrogen-bond acceptors (Lipinski definition) is 2. The first kappa shape index (κ1) is 16.3. The van der Waals surface area contributed by atoms with Crippen LogP contribution >= 0.6 is 0 Å². The second kappa shape index (κ2) is 5.31. The van der Waals surface area contributed by atoms with Gasteiger partial charge in [0, 0.05) is 11.8 Å². The Morgan fingerprint density at radius 2 is 1.73 bits per heavy atom. The molecule has 1 N–H and O–H groups in total. The van der Waals surface area contributed by atoms with Crippen LogP contribution in [-0.2, 0) is 6.18 Å². The molecule has 1 heterocycles. The molecular formula is C13H10F6N2O. The highest BCUT2D eigenvalue weighted by atomic mass is 19.4. The Hall–Kier alpha value is -2.03. The number of rotatable bonds is 2. The summed E-state index contributed by atoms with van der Waals surface area (Å²) in [5.74, 6) is 0. The monoisotopic (exact) mass is 324 g/mol. The van der Waals surface area contributed by atoms with E-state index in [9.17, 15) is 31.4 Å². The number of aryl methyl sites for hydroxylation is 1. The van der Waals surface area contributed by atoms with Gasteiger partial charge in [-0.1, -0.05) is 6.07 Å². The normalized spacial score (nSPS) is 14.2. The van der Waals surface area contributed by atoms with Crippen LogP contribution in [0.25, 0.3) is 5.69 Å². The van der Waals surface area contributed by atoms with Crippen molar-refractivity contribution in [3.8, 4) is 5.69 Å². The molecule has 2 aromatic rings. The third kappa shape index (κ3) is 3.24. The Labute approximate surface area is 120 Å². The number of aromatic nitrogens is 2. The summed E-state index contributed by atoms with van der Waals surface area (Å²) in [5.41, 5.74) is -1.91. The fraction of sp³-hybridized carbons (Fsp3) is 0.308. The molecule has 2 rings (SSSR count). The van der Waals surface area contributed by atoms with E-state index in [-0.39, 0.29) is 0 Å². The van der Waals surface area contributed by atoms with Crippen LogP contribution in [0.4, 0.5) is 26.3 Å². The summed E-state index contributed by atoms with van der Waals surface area (Å²) < 4.78 is 77.1. The molecule has 1 atom stereocenters. The first-order valence-electron chi connectivity index (χ1n) is 5.98. The van der Waals surface area contributed by atoms with E-state index in [1.54, 1.807) is 0 Å². The van der Waals surface area contributed by atoms with Crippen LogP contribution in [0.15, 0.2) is 30.5 Å². The molecule has 0 saturated carbocycles. The average molecular weight is 324 g/mol. The van der Waals surface area contributed by atoms with E-state index in [0.717, 1.165) is 4.68 Å². The van der Waals surface area contributed by atoms with Gasteiger partial charge in [-0.05, 0) is 25.1 Å². The molecule has 0 fully saturated rings. The van der Waals surface area contributed by atoms with Crippen LogP contribution in [-0.4, -0.2) is 21.1 Å². The Bertz CT molecular complexity index is 674. The molecule has 0 radical (unpaired) electrons. The smallest absolute Gasteiger partial charge is 0.379 e. The maximum atomic E-state index is 12.7. The number of alkyl halides is 6. The summed E-state index contributed by atoms with van der Waals surface area (Å²) in [7, 11) is 0. The zero-order chi connectivity index (χ0) is 16.7. The van der Waals surface area contributed by atoms with E-state index >= 15 is 0 Å². The molecular weight excluding hydrogens is 314 g/mol. The van der Waals surface area contributed by atoms with Gasteiger partial charge >= 0.3 is 12.4 Å². The number of halogens is 6. The van der Waals surface area contributed by atoms with E-state index < -0.39 is 35.3 Å². The Kier molecular flexibility index (Phi) is 3.94. The summed E-state index contributed by atoms with van der Waals surface area (Å²) in [6.07, 6.45) is -11.4. The minimum atomic E-state index is -5.00. The number of benzene rings is 1. The second-order valence-electron chi connectivity index (χ2n) is 4.62. The fourth-order valence-corrected chi connectivity index (χ4v) is 1.88. The molecule has 0 spiro atoms. The molecule has 3 nitrogen and oxygen atoms in total. The maximum absolute atomic E-state index is 12.7. The molecule has 0 aliphatic carbocycles. The first-order chi connectivity index (χ1) is 10.00. The lowest BCUT2D eigenvalue weighted by atomic mass is 10.0. The highest BCUT2D eigenvalue weighted by Gasteiger charge is 2.41. The summed E-state index contributed by atoms with van der Waals surface area (Å²) in [5, 5.41) is 13.2. The van der Waals surface area contributed by atoms with Crippen LogP contribution in [0.2, 0.25) is 0 Å². The standard InChI is InChI=1S/C13H10F6N2O/c1-7-4-5-21(20-7)10-6-8(12(14,15)16)2-3-9(10)11(22)13(17,18)19/h2-6,11,22H,1H3. The van der Waals surface area contributed by atoms with Crippen molar-refractivity contribution in [2.75, 3.05) is 0 Å². The second-order valence-corrected chi connectivity index (χ2v) is 4.62. The molecule has 1 aromatic heterocycles. The van der Waals surface area contributed by atoms with Gasteiger partial charge in [-0.3, -0.25) is 0 Å². The third-order valence-electron chi connectivity index (χ3n) is 2.93. The van der Waals surface area contributed by atoms with Crippen molar-refractivity contribution in [3.63, 3.8) is 0 Å². The van der Waals surface area contributed by atoms with E-state index in [4.69, 9.17) is 0 Å². The number of aliphatic hydroxyl groups is 1. The SMILES string of the molecule is Cc1ccn(-c2cc(C(F)(F)F)ccc2C(O)C(F)(F)F)n1. The molecule has 1 unspecified atom stereocenters. The molecule has 0 saturated heterocycles. The molecule has 120 valence electrons. The van der Waals surface area contributed by atoms with E-state index in [1.807, 2.05) is 0 Å². The highest BCUT2D eigenvalue weighted by molar-refractivity contribution is 5.46. The van der Waals surface area contributed by atoms with E-state index in [1.165, 1.54) is 19.2 Å². The van der Waals surface area contributed by atoms with Gasteiger partial charge in [-0.2, -0.15) is 31.4 Å². The summed E-state index contributed by atoms with van der Waals surface area (Å²) >= 11 is 0. The maximum Gasteiger partial charge on any atom is 0.418 e. The molecule has 0 aliphatic heterocycles. The van der Waals surface area contributed by atoms with Crippen LogP contribution < -0.4 is 0 Å². The predicted molar refractivity (Wildman–Crippen MR) is 64.3 cm³/mol. The van der Waals surface area contributed by atoms with Crippen molar-refractivity contribution in [3.05, 3.63) is 47.3 Å². The lowest BCUT2D eigenvalue weighted by molar-refractivity contribution is -0.206. The molecule has 22 heavy (non-hydrogen) atoms. The van der Waals surface area contributed by atoms with Gasteiger partial charge in [0.1, 0.15) is 0 Å². The van der Waals surface area contributed by atoms with Gasteiger partial charge in [0.25, 0.3) is 0 Å². The molecule has 0 amide bonds. The predicted octanol–water partition coefficient (Wildman–Crippen LogP) is 3.80. The van der Waals surface area contributed by atoms with Gasteiger partial charge < -0.3 is 5.11 Å². The fourth-order valence-electron chi connectivity index (χ4n) is 1.88. The number of hydrogen-bond donors (Lipinski definition) is 1. The van der Waals surface area contributed by atoms with Crippen LogP contribution in [0.1, 0.15) is 22.9 Å². The third-order valence-corrected chi connectivity index (χ3v) is 2.93. The minimum Gasteiger partial charge on any atom is -0.379 e. The lowest BCUT2D eigenvalue weighted by Crippen LogP contribution is -2.22. The molecule has 0 bridgehead atoms. The van der Waals surface area contributed by atoms with Gasteiger partial charge in [-0.25, -0.2) is 4.68 Å². The largest absolute Gasteiger partial charge is 0.418 e. The summed E-state index contributed by atoms with van der Waals surface area (Å²) in [4.78, 5) is 0. The van der Waals surface area contributed by atoms with Gasteiger partial charge in [0.05, 0.1) is 16.9 Å². The number of aliphatic hydroxyl groups excluding tert-OH is 1. The van der Waals surface area contributed by atoms with Crippen molar-refractivity contribution < 1.29 is 31.4 Å². The van der Waals surface area contributed by atoms with Crippen molar-refractivity contribution in [2.24, 2.45) is 0 Å². The molecule has 1 aromatic carbocycles. The highest BCUT2D eigenvalue weighted by Crippen LogP contribution is 2.38. The minimum absolute atomic E-state index is 0.407. The first-order valence-corrected chi connectivity index (χ1v) is 5.98. The van der Waals surface area contributed by atoms with E-state index in [0.29, 0.717) is 23.9 Å². The van der Waals surface area contributed by atoms with Crippen LogP contribution in [0.3, 0.4) is 0 Å². The van der Waals surface area contributed by atoms with Crippen molar-refractivity contribution in [1.29, 1.82) is 0 Å². The van der Waals surface area contributed by atoms with Crippen LogP contribution in [0.5, 0.6) is 0 Å². The Morgan fingerprint density at radius 1 is 1.09 bits per heavy atom. The zero-order valence-electron chi connectivity index (χ0n) is 11.1. The molecule has 9 heteroatoms. The van der Waals surface area contributed by atoms with Crippen molar-refractivity contribution >= 4 is 0 Å². The average Bonchev–Trinajstić information content (AvgIpc) is 2.81. The quantitative estimate of drug-likeness (QED) is 0.854. The number of nitrogens with zero attached hydrogens (tertiary/aromatic N) is 2. The van der Waals surface area contributed by atoms with Crippen LogP contribution in [0, 0.1) is 6.92 Å². The van der Waals surface area contributed by atoms with Crippen molar-refractivity contribution in [1.82, 2.24) is 9.78 Å². The van der Waals surface area contributed by atoms with Gasteiger partial charge in [-0.15, -0.1) is 0 Å². The van der Waals surface area contributed by atoms with Gasteiger partial charge in [0.2, 0.25) is 0 Å². The van der Waals surface area contributed by atoms with E-state index in [2.05, 4.69) is 5.10 Å². The summed E-state index contributed by atoms with van der Waals surface area (Å²) in [6.45, 7) is 1.53. The lowest BCUT2D eigenvalue weighted by Gasteiger charge is -2.19. The summed E-state index contributed by atoms with van der Waals surface area (Å²) in [6, 6.07) is 3.04. The molecule has 0 aliphatic rings. The Balaban J connectivity index is 2.64. The topological polar surface area (TPSA) is 38.0 Å². The van der Waals surface area contributed by atoms with Gasteiger partial charge in [0.15, 0.2) is 6.10 Å².